The van der Waals surface area contributed by atoms with Crippen LogP contribution in [0.5, 0.6) is 0 Å². The van der Waals surface area contributed by atoms with Crippen molar-refractivity contribution in [1.29, 1.82) is 0 Å². The minimum atomic E-state index is -3.97. The van der Waals surface area contributed by atoms with Crippen molar-refractivity contribution in [3.63, 3.8) is 0 Å². The molecule has 1 aliphatic heterocycles. The quantitative estimate of drug-likeness (QED) is 0.0885. The van der Waals surface area contributed by atoms with Crippen LogP contribution in [0.1, 0.15) is 71.2 Å². The van der Waals surface area contributed by atoms with E-state index in [1.54, 1.807) is 24.3 Å². The van der Waals surface area contributed by atoms with E-state index >= 15 is 0 Å². The molecule has 1 heterocycles. The van der Waals surface area contributed by atoms with Gasteiger partial charge in [0.25, 0.3) is 0 Å². The molecule has 6 atom stereocenters. The van der Waals surface area contributed by atoms with E-state index < -0.39 is 28.3 Å². The van der Waals surface area contributed by atoms with Crippen LogP contribution in [0.4, 0.5) is 0 Å². The SMILES string of the molecule is Cc1ccc(S(=O)(=O)N[C@H](Cc2ccccc2)C(=O)NCc2cccc(-c3ccc([C@H]4O[C@@H](CN(C)[C@H](C)c5ccc6ccccc6c5)[C@@H](C)[C@@H](c5ccc(CO)cc5)O4)cc3)c2)cc1. The lowest BCUT2D eigenvalue weighted by Gasteiger charge is -2.43. The van der Waals surface area contributed by atoms with E-state index in [0.29, 0.717) is 6.54 Å². The Balaban J connectivity index is 0.969. The molecular weight excluding hydrogens is 831 g/mol. The number of sulfonamides is 1. The zero-order chi connectivity index (χ0) is 45.5. The van der Waals surface area contributed by atoms with Crippen LogP contribution in [0, 0.1) is 12.8 Å². The van der Waals surface area contributed by atoms with E-state index in [-0.39, 0.29) is 48.6 Å². The molecule has 8 rings (SSSR count). The van der Waals surface area contributed by atoms with Crippen LogP contribution in [0.3, 0.4) is 0 Å². The van der Waals surface area contributed by atoms with Crippen molar-refractivity contribution < 1.29 is 27.8 Å². The van der Waals surface area contributed by atoms with Gasteiger partial charge < -0.3 is 19.9 Å². The number of rotatable bonds is 16. The molecule has 0 saturated carbocycles. The molecule has 0 radical (unpaired) electrons. The number of nitrogens with zero attached hydrogens (tertiary/aromatic N) is 1. The van der Waals surface area contributed by atoms with Crippen LogP contribution in [-0.4, -0.2) is 50.1 Å². The van der Waals surface area contributed by atoms with E-state index in [4.69, 9.17) is 9.47 Å². The van der Waals surface area contributed by atoms with Crippen molar-refractivity contribution >= 4 is 26.7 Å². The van der Waals surface area contributed by atoms with E-state index in [2.05, 4.69) is 90.4 Å². The van der Waals surface area contributed by atoms with Gasteiger partial charge in [0.05, 0.1) is 23.7 Å². The standard InChI is InChI=1S/C55H57N3O6S/c1-37-17-29-50(30-18-37)65(61,62)57-51(32-40-11-6-5-7-12-40)54(60)56-34-42-13-10-16-48(31-42)44-23-26-46(27-24-44)55-63-52(38(2)53(64-55)45-21-19-41(36-59)20-22-45)35-58(4)39(3)47-28-25-43-14-8-9-15-49(43)33-47/h5-31,33,38-39,51-53,55,57,59H,32,34-36H2,1-4H3,(H,56,60)/t38-,39-,51-,52+,53+,55+/m1/s1. The van der Waals surface area contributed by atoms with Crippen molar-refractivity contribution in [1.82, 2.24) is 14.9 Å². The summed E-state index contributed by atoms with van der Waals surface area (Å²) in [5.74, 6) is -0.390. The predicted molar refractivity (Wildman–Crippen MR) is 257 cm³/mol. The largest absolute Gasteiger partial charge is 0.392 e. The molecule has 65 heavy (non-hydrogen) atoms. The second kappa shape index (κ2) is 20.5. The zero-order valence-electron chi connectivity index (χ0n) is 37.3. The monoisotopic (exact) mass is 887 g/mol. The number of aliphatic hydroxyl groups excluding tert-OH is 1. The topological polar surface area (TPSA) is 117 Å². The minimum absolute atomic E-state index is 0.0226. The van der Waals surface area contributed by atoms with E-state index in [1.807, 2.05) is 97.9 Å². The van der Waals surface area contributed by atoms with Crippen LogP contribution in [0.25, 0.3) is 21.9 Å². The molecule has 1 amide bonds. The fourth-order valence-electron chi connectivity index (χ4n) is 8.51. The van der Waals surface area contributed by atoms with Gasteiger partial charge in [-0.1, -0.05) is 158 Å². The molecule has 10 heteroatoms. The maximum Gasteiger partial charge on any atom is 0.241 e. The summed E-state index contributed by atoms with van der Waals surface area (Å²) < 4.78 is 43.1. The number of aliphatic hydroxyl groups is 1. The molecule has 7 aromatic rings. The Hall–Kier alpha value is -5.98. The highest BCUT2D eigenvalue weighted by molar-refractivity contribution is 7.89. The second-order valence-electron chi connectivity index (χ2n) is 17.3. The van der Waals surface area contributed by atoms with E-state index in [9.17, 15) is 18.3 Å². The Morgan fingerprint density at radius 3 is 2.11 bits per heavy atom. The number of likely N-dealkylation sites (N-methyl/N-ethyl adjacent to an activating group) is 1. The summed E-state index contributed by atoms with van der Waals surface area (Å²) in [5, 5.41) is 15.2. The van der Waals surface area contributed by atoms with E-state index in [1.165, 1.54) is 16.3 Å². The first kappa shape index (κ1) is 45.6. The third kappa shape index (κ3) is 11.1. The third-order valence-corrected chi connectivity index (χ3v) is 14.1. The average molecular weight is 888 g/mol. The smallest absolute Gasteiger partial charge is 0.241 e. The van der Waals surface area contributed by atoms with Crippen molar-refractivity contribution in [2.24, 2.45) is 5.92 Å². The number of amides is 1. The highest BCUT2D eigenvalue weighted by atomic mass is 32.2. The Kier molecular flexibility index (Phi) is 14.3. The molecule has 7 aromatic carbocycles. The summed E-state index contributed by atoms with van der Waals surface area (Å²) in [6.45, 7) is 7.19. The molecular formula is C55H57N3O6S. The molecule has 0 aromatic heterocycles. The Morgan fingerprint density at radius 1 is 0.708 bits per heavy atom. The Bertz CT molecular complexity index is 2800. The first-order valence-corrected chi connectivity index (χ1v) is 23.7. The lowest BCUT2D eigenvalue weighted by atomic mass is 9.89. The van der Waals surface area contributed by atoms with Gasteiger partial charge in [0.1, 0.15) is 6.04 Å². The number of carbonyl (C=O) groups excluding carboxylic acids is 1. The molecule has 9 nitrogen and oxygen atoms in total. The van der Waals surface area contributed by atoms with Crippen LogP contribution >= 0.6 is 0 Å². The van der Waals surface area contributed by atoms with Crippen LogP contribution in [0.15, 0.2) is 175 Å². The Labute approximate surface area is 383 Å². The van der Waals surface area contributed by atoms with Gasteiger partial charge >= 0.3 is 0 Å². The summed E-state index contributed by atoms with van der Waals surface area (Å²) in [7, 11) is -1.82. The number of aryl methyl sites for hydroxylation is 1. The molecule has 1 fully saturated rings. The van der Waals surface area contributed by atoms with Gasteiger partial charge in [-0.2, -0.15) is 4.72 Å². The summed E-state index contributed by atoms with van der Waals surface area (Å²) in [5.41, 5.74) is 8.62. The second-order valence-corrected chi connectivity index (χ2v) is 19.0. The summed E-state index contributed by atoms with van der Waals surface area (Å²) in [4.78, 5) is 16.2. The molecule has 0 aliphatic carbocycles. The fraction of sp³-hybridized carbons (Fsp3) is 0.255. The van der Waals surface area contributed by atoms with E-state index in [0.717, 1.165) is 44.5 Å². The van der Waals surface area contributed by atoms with Crippen LogP contribution < -0.4 is 10.0 Å². The molecule has 0 unspecified atom stereocenters. The average Bonchev–Trinajstić information content (AvgIpc) is 3.33. The maximum absolute atomic E-state index is 13.7. The van der Waals surface area contributed by atoms with Crippen molar-refractivity contribution in [3.8, 4) is 11.1 Å². The Morgan fingerprint density at radius 2 is 1.38 bits per heavy atom. The van der Waals surface area contributed by atoms with Gasteiger partial charge in [-0.3, -0.25) is 9.69 Å². The van der Waals surface area contributed by atoms with Gasteiger partial charge in [0.2, 0.25) is 15.9 Å². The molecule has 0 spiro atoms. The number of ether oxygens (including phenoxy) is 2. The van der Waals surface area contributed by atoms with Gasteiger partial charge in [0.15, 0.2) is 6.29 Å². The number of hydrogen-bond donors (Lipinski definition) is 3. The number of carbonyl (C=O) groups is 1. The number of fused-ring (bicyclic) bond motifs is 1. The van der Waals surface area contributed by atoms with Crippen LogP contribution in [-0.2, 0) is 43.9 Å². The van der Waals surface area contributed by atoms with Gasteiger partial charge in [-0.15, -0.1) is 0 Å². The highest BCUT2D eigenvalue weighted by Gasteiger charge is 2.39. The zero-order valence-corrected chi connectivity index (χ0v) is 38.1. The molecule has 1 aliphatic rings. The summed E-state index contributed by atoms with van der Waals surface area (Å²) >= 11 is 0. The van der Waals surface area contributed by atoms with Crippen LogP contribution in [0.2, 0.25) is 0 Å². The van der Waals surface area contributed by atoms with Crippen molar-refractivity contribution in [3.05, 3.63) is 209 Å². The molecule has 3 N–H and O–H groups in total. The number of benzene rings is 7. The number of hydrogen-bond acceptors (Lipinski definition) is 7. The van der Waals surface area contributed by atoms with Gasteiger partial charge in [-0.05, 0) is 101 Å². The van der Waals surface area contributed by atoms with Gasteiger partial charge in [-0.25, -0.2) is 8.42 Å². The molecule has 334 valence electrons. The lowest BCUT2D eigenvalue weighted by molar-refractivity contribution is -0.276. The molecule has 0 bridgehead atoms. The van der Waals surface area contributed by atoms with Gasteiger partial charge in [0, 0.05) is 30.6 Å². The number of nitrogens with one attached hydrogen (secondary N) is 2. The minimum Gasteiger partial charge on any atom is -0.392 e. The maximum atomic E-state index is 13.7. The normalized spacial score (nSPS) is 18.6. The third-order valence-electron chi connectivity index (χ3n) is 12.6. The van der Waals surface area contributed by atoms with Crippen molar-refractivity contribution in [2.45, 2.75) is 75.8 Å². The lowest BCUT2D eigenvalue weighted by Crippen LogP contribution is -2.47. The molecule has 1 saturated heterocycles. The van der Waals surface area contributed by atoms with Crippen molar-refractivity contribution in [2.75, 3.05) is 13.6 Å². The highest BCUT2D eigenvalue weighted by Crippen LogP contribution is 2.42. The predicted octanol–water partition coefficient (Wildman–Crippen LogP) is 10.00. The fourth-order valence-corrected chi connectivity index (χ4v) is 9.70. The summed E-state index contributed by atoms with van der Waals surface area (Å²) in [6.07, 6.45) is -0.824. The first-order chi connectivity index (χ1) is 31.4. The summed E-state index contributed by atoms with van der Waals surface area (Å²) in [6, 6.07) is 54.3. The first-order valence-electron chi connectivity index (χ1n) is 22.2.